The van der Waals surface area contributed by atoms with E-state index in [1.54, 1.807) is 42.5 Å². The van der Waals surface area contributed by atoms with Gasteiger partial charge in [0, 0.05) is 13.0 Å². The van der Waals surface area contributed by atoms with Gasteiger partial charge in [-0.05, 0) is 24.3 Å². The minimum Gasteiger partial charge on any atom is -0.351 e. The van der Waals surface area contributed by atoms with Gasteiger partial charge in [0.1, 0.15) is 0 Å². The fraction of sp³-hybridized carbons (Fsp3) is 0.125. The summed E-state index contributed by atoms with van der Waals surface area (Å²) in [5.41, 5.74) is 0.800. The maximum Gasteiger partial charge on any atom is 0.252 e. The van der Waals surface area contributed by atoms with Crippen LogP contribution in [0.15, 0.2) is 42.5 Å². The molecule has 2 aromatic rings. The highest BCUT2D eigenvalue weighted by molar-refractivity contribution is 6.44. The summed E-state index contributed by atoms with van der Waals surface area (Å²) in [7, 11) is 0. The maximum atomic E-state index is 11.9. The van der Waals surface area contributed by atoms with Gasteiger partial charge in [-0.25, -0.2) is 0 Å². The number of benzene rings is 2. The summed E-state index contributed by atoms with van der Waals surface area (Å²) in [4.78, 5) is 23.8. The first kappa shape index (κ1) is 17.6. The first-order valence-corrected chi connectivity index (χ1v) is 7.89. The summed E-state index contributed by atoms with van der Waals surface area (Å²) in [6.07, 6.45) is 0.0963. The molecule has 0 saturated carbocycles. The molecular weight excluding hydrogens is 359 g/mol. The molecule has 0 aliphatic heterocycles. The van der Waals surface area contributed by atoms with Gasteiger partial charge >= 0.3 is 0 Å². The molecular formula is C16H13Cl3N2O2. The predicted molar refractivity (Wildman–Crippen MR) is 93.5 cm³/mol. The Morgan fingerprint density at radius 2 is 1.61 bits per heavy atom. The predicted octanol–water partition coefficient (Wildman–Crippen LogP) is 4.41. The van der Waals surface area contributed by atoms with Crippen LogP contribution in [0, 0.1) is 0 Å². The lowest BCUT2D eigenvalue weighted by Crippen LogP contribution is -2.27. The minimum atomic E-state index is -0.329. The Labute approximate surface area is 148 Å². The second-order valence-electron chi connectivity index (χ2n) is 4.64. The van der Waals surface area contributed by atoms with E-state index >= 15 is 0 Å². The zero-order chi connectivity index (χ0) is 16.8. The van der Waals surface area contributed by atoms with Crippen molar-refractivity contribution < 1.29 is 9.59 Å². The molecule has 0 aliphatic rings. The number of carbonyl (C=O) groups excluding carboxylic acids is 2. The van der Waals surface area contributed by atoms with E-state index in [1.807, 2.05) is 0 Å². The first-order valence-electron chi connectivity index (χ1n) is 6.75. The number of carbonyl (C=O) groups is 2. The summed E-state index contributed by atoms with van der Waals surface area (Å²) in [6.45, 7) is 0.175. The summed E-state index contributed by atoms with van der Waals surface area (Å²) in [6, 6.07) is 11.7. The molecule has 0 radical (unpaired) electrons. The number of halogens is 3. The molecule has 2 amide bonds. The molecule has 0 aliphatic carbocycles. The van der Waals surface area contributed by atoms with Crippen LogP contribution in [0.2, 0.25) is 15.1 Å². The average molecular weight is 372 g/mol. The Morgan fingerprint density at radius 3 is 2.35 bits per heavy atom. The highest BCUT2D eigenvalue weighted by Crippen LogP contribution is 2.29. The van der Waals surface area contributed by atoms with E-state index in [1.165, 1.54) is 0 Å². The van der Waals surface area contributed by atoms with E-state index in [-0.39, 0.29) is 29.8 Å². The van der Waals surface area contributed by atoms with Crippen LogP contribution in [0.4, 0.5) is 5.69 Å². The van der Waals surface area contributed by atoms with E-state index in [0.29, 0.717) is 21.3 Å². The molecule has 2 aromatic carbocycles. The van der Waals surface area contributed by atoms with Crippen molar-refractivity contribution in [2.75, 3.05) is 11.9 Å². The van der Waals surface area contributed by atoms with Gasteiger partial charge in [0.25, 0.3) is 5.91 Å². The molecule has 0 saturated heterocycles. The Morgan fingerprint density at radius 1 is 0.913 bits per heavy atom. The van der Waals surface area contributed by atoms with Crippen LogP contribution in [0.25, 0.3) is 0 Å². The lowest BCUT2D eigenvalue weighted by atomic mass is 10.2. The fourth-order valence-electron chi connectivity index (χ4n) is 1.84. The highest BCUT2D eigenvalue weighted by Gasteiger charge is 2.11. The Kier molecular flexibility index (Phi) is 6.28. The number of hydrogen-bond acceptors (Lipinski definition) is 2. The van der Waals surface area contributed by atoms with Crippen molar-refractivity contribution in [1.82, 2.24) is 5.32 Å². The zero-order valence-corrected chi connectivity index (χ0v) is 14.2. The van der Waals surface area contributed by atoms with Gasteiger partial charge in [-0.2, -0.15) is 0 Å². The van der Waals surface area contributed by atoms with Crippen LogP contribution in [-0.4, -0.2) is 18.4 Å². The third-order valence-electron chi connectivity index (χ3n) is 2.98. The Balaban J connectivity index is 1.84. The largest absolute Gasteiger partial charge is 0.351 e. The van der Waals surface area contributed by atoms with Crippen LogP contribution in [0.5, 0.6) is 0 Å². The fourth-order valence-corrected chi connectivity index (χ4v) is 2.41. The molecule has 0 heterocycles. The molecule has 7 heteroatoms. The SMILES string of the molecule is O=C(CCNC(=O)c1ccccc1Cl)Nc1cccc(Cl)c1Cl. The van der Waals surface area contributed by atoms with Gasteiger partial charge in [-0.3, -0.25) is 9.59 Å². The Bertz CT molecular complexity index is 735. The topological polar surface area (TPSA) is 58.2 Å². The number of amides is 2. The van der Waals surface area contributed by atoms with E-state index < -0.39 is 0 Å². The lowest BCUT2D eigenvalue weighted by Gasteiger charge is -2.09. The normalized spacial score (nSPS) is 10.2. The second-order valence-corrected chi connectivity index (χ2v) is 5.83. The van der Waals surface area contributed by atoms with Gasteiger partial charge in [-0.15, -0.1) is 0 Å². The van der Waals surface area contributed by atoms with Crippen molar-refractivity contribution in [1.29, 1.82) is 0 Å². The van der Waals surface area contributed by atoms with Crippen LogP contribution in [0.1, 0.15) is 16.8 Å². The van der Waals surface area contributed by atoms with Crippen molar-refractivity contribution in [2.45, 2.75) is 6.42 Å². The molecule has 0 bridgehead atoms. The van der Waals surface area contributed by atoms with Gasteiger partial charge in [0.15, 0.2) is 0 Å². The van der Waals surface area contributed by atoms with Crippen LogP contribution >= 0.6 is 34.8 Å². The molecule has 4 nitrogen and oxygen atoms in total. The van der Waals surface area contributed by atoms with Gasteiger partial charge in [0.2, 0.25) is 5.91 Å². The van der Waals surface area contributed by atoms with Gasteiger partial charge < -0.3 is 10.6 Å². The third-order valence-corrected chi connectivity index (χ3v) is 4.13. The standard InChI is InChI=1S/C16H13Cl3N2O2/c17-11-5-2-1-4-10(11)16(23)20-9-8-14(22)21-13-7-3-6-12(18)15(13)19/h1-7H,8-9H2,(H,20,23)(H,21,22). The minimum absolute atomic E-state index is 0.0963. The highest BCUT2D eigenvalue weighted by atomic mass is 35.5. The van der Waals surface area contributed by atoms with Crippen molar-refractivity contribution in [3.8, 4) is 0 Å². The third kappa shape index (κ3) is 4.86. The second kappa shape index (κ2) is 8.20. The van der Waals surface area contributed by atoms with Gasteiger partial charge in [0.05, 0.1) is 26.3 Å². The summed E-state index contributed by atoms with van der Waals surface area (Å²) < 4.78 is 0. The van der Waals surface area contributed by atoms with E-state index in [2.05, 4.69) is 10.6 Å². The summed E-state index contributed by atoms with van der Waals surface area (Å²) >= 11 is 17.8. The maximum absolute atomic E-state index is 11.9. The van der Waals surface area contributed by atoms with Crippen molar-refractivity contribution in [3.05, 3.63) is 63.1 Å². The van der Waals surface area contributed by atoms with E-state index in [9.17, 15) is 9.59 Å². The summed E-state index contributed by atoms with van der Waals surface area (Å²) in [5.74, 6) is -0.613. The van der Waals surface area contributed by atoms with E-state index in [4.69, 9.17) is 34.8 Å². The molecule has 0 aromatic heterocycles. The molecule has 0 fully saturated rings. The Hall–Kier alpha value is -1.75. The zero-order valence-electron chi connectivity index (χ0n) is 11.9. The average Bonchev–Trinajstić information content (AvgIpc) is 2.52. The summed E-state index contributed by atoms with van der Waals surface area (Å²) in [5, 5.41) is 6.28. The number of rotatable bonds is 5. The van der Waals surface area contributed by atoms with Crippen molar-refractivity contribution in [2.24, 2.45) is 0 Å². The molecule has 120 valence electrons. The quantitative estimate of drug-likeness (QED) is 0.818. The number of nitrogens with one attached hydrogen (secondary N) is 2. The molecule has 0 spiro atoms. The molecule has 23 heavy (non-hydrogen) atoms. The monoisotopic (exact) mass is 370 g/mol. The van der Waals surface area contributed by atoms with Crippen LogP contribution in [0.3, 0.4) is 0 Å². The molecule has 0 atom stereocenters. The molecule has 0 unspecified atom stereocenters. The lowest BCUT2D eigenvalue weighted by molar-refractivity contribution is -0.116. The smallest absolute Gasteiger partial charge is 0.252 e. The van der Waals surface area contributed by atoms with Crippen molar-refractivity contribution in [3.63, 3.8) is 0 Å². The van der Waals surface area contributed by atoms with E-state index in [0.717, 1.165) is 0 Å². The van der Waals surface area contributed by atoms with Gasteiger partial charge in [-0.1, -0.05) is 53.0 Å². The number of hydrogen-bond donors (Lipinski definition) is 2. The first-order chi connectivity index (χ1) is 11.0. The number of anilines is 1. The molecule has 2 rings (SSSR count). The van der Waals surface area contributed by atoms with Crippen molar-refractivity contribution >= 4 is 52.3 Å². The van der Waals surface area contributed by atoms with Crippen LogP contribution < -0.4 is 10.6 Å². The molecule has 2 N–H and O–H groups in total. The van der Waals surface area contributed by atoms with Crippen LogP contribution in [-0.2, 0) is 4.79 Å².